The summed E-state index contributed by atoms with van der Waals surface area (Å²) < 4.78 is 0. The monoisotopic (exact) mass is 253 g/mol. The van der Waals surface area contributed by atoms with Gasteiger partial charge in [0.25, 0.3) is 0 Å². The van der Waals surface area contributed by atoms with Gasteiger partial charge in [-0.3, -0.25) is 0 Å². The Balaban J connectivity index is 1.94. The highest BCUT2D eigenvalue weighted by molar-refractivity contribution is 5.86. The van der Waals surface area contributed by atoms with Crippen molar-refractivity contribution >= 4 is 10.8 Å². The fraction of sp³-hybridized carbons (Fsp3) is 0.444. The van der Waals surface area contributed by atoms with Gasteiger partial charge in [0.1, 0.15) is 0 Å². The van der Waals surface area contributed by atoms with Crippen molar-refractivity contribution < 1.29 is 0 Å². The molecule has 1 aliphatic rings. The molecule has 0 aromatic heterocycles. The van der Waals surface area contributed by atoms with E-state index in [0.717, 1.165) is 18.4 Å². The molecule has 3 rings (SSSR count). The molecule has 1 nitrogen and oxygen atoms in total. The van der Waals surface area contributed by atoms with Crippen molar-refractivity contribution in [3.05, 3.63) is 48.0 Å². The molecule has 1 heteroatoms. The maximum atomic E-state index is 3.54. The van der Waals surface area contributed by atoms with E-state index in [2.05, 4.69) is 54.7 Å². The van der Waals surface area contributed by atoms with Crippen LogP contribution in [0, 0.1) is 5.92 Å². The maximum absolute atomic E-state index is 3.54. The van der Waals surface area contributed by atoms with Gasteiger partial charge < -0.3 is 5.32 Å². The predicted molar refractivity (Wildman–Crippen MR) is 82.6 cm³/mol. The van der Waals surface area contributed by atoms with Gasteiger partial charge in [0.15, 0.2) is 0 Å². The molecule has 100 valence electrons. The molecule has 2 atom stereocenters. The molecule has 0 heterocycles. The maximum Gasteiger partial charge on any atom is -0.00148 e. The standard InChI is InChI=1S/C18H23N/c1-2-19-13-15-9-6-11-17(15)18-12-5-8-14-7-3-4-10-16(14)18/h3-5,7-8,10,12,15,17,19H,2,6,9,11,13H2,1H3. The van der Waals surface area contributed by atoms with Crippen molar-refractivity contribution in [3.63, 3.8) is 0 Å². The van der Waals surface area contributed by atoms with E-state index in [1.807, 2.05) is 0 Å². The molecule has 0 bridgehead atoms. The van der Waals surface area contributed by atoms with Crippen molar-refractivity contribution in [2.45, 2.75) is 32.1 Å². The summed E-state index contributed by atoms with van der Waals surface area (Å²) in [7, 11) is 0. The summed E-state index contributed by atoms with van der Waals surface area (Å²) in [5.41, 5.74) is 1.57. The van der Waals surface area contributed by atoms with E-state index in [1.54, 1.807) is 5.56 Å². The van der Waals surface area contributed by atoms with Crippen molar-refractivity contribution in [2.75, 3.05) is 13.1 Å². The minimum atomic E-state index is 0.741. The molecule has 2 aromatic rings. The molecule has 2 unspecified atom stereocenters. The van der Waals surface area contributed by atoms with Crippen LogP contribution in [0.25, 0.3) is 10.8 Å². The van der Waals surface area contributed by atoms with E-state index < -0.39 is 0 Å². The Morgan fingerprint density at radius 1 is 1.05 bits per heavy atom. The van der Waals surface area contributed by atoms with Crippen molar-refractivity contribution in [3.8, 4) is 0 Å². The first-order valence-electron chi connectivity index (χ1n) is 7.58. The number of rotatable bonds is 4. The van der Waals surface area contributed by atoms with Crippen LogP contribution in [0.4, 0.5) is 0 Å². The van der Waals surface area contributed by atoms with E-state index in [9.17, 15) is 0 Å². The fourth-order valence-corrected chi connectivity index (χ4v) is 3.59. The van der Waals surface area contributed by atoms with Crippen LogP contribution in [0.3, 0.4) is 0 Å². The number of hydrogen-bond acceptors (Lipinski definition) is 1. The van der Waals surface area contributed by atoms with Gasteiger partial charge in [-0.15, -0.1) is 0 Å². The molecule has 1 N–H and O–H groups in total. The molecular weight excluding hydrogens is 230 g/mol. The van der Waals surface area contributed by atoms with Crippen molar-refractivity contribution in [1.29, 1.82) is 0 Å². The lowest BCUT2D eigenvalue weighted by atomic mass is 9.86. The second kappa shape index (κ2) is 5.75. The van der Waals surface area contributed by atoms with E-state index in [-0.39, 0.29) is 0 Å². The highest BCUT2D eigenvalue weighted by Crippen LogP contribution is 2.41. The topological polar surface area (TPSA) is 12.0 Å². The quantitative estimate of drug-likeness (QED) is 0.855. The molecule has 19 heavy (non-hydrogen) atoms. The summed E-state index contributed by atoms with van der Waals surface area (Å²) in [4.78, 5) is 0. The molecule has 1 aliphatic carbocycles. The van der Waals surface area contributed by atoms with Crippen LogP contribution in [0.5, 0.6) is 0 Å². The minimum absolute atomic E-state index is 0.741. The van der Waals surface area contributed by atoms with Crippen LogP contribution in [0.1, 0.15) is 37.7 Å². The Hall–Kier alpha value is -1.34. The summed E-state index contributed by atoms with van der Waals surface area (Å²) >= 11 is 0. The summed E-state index contributed by atoms with van der Waals surface area (Å²) in [5, 5.41) is 6.38. The van der Waals surface area contributed by atoms with E-state index in [0.29, 0.717) is 0 Å². The molecule has 1 fully saturated rings. The lowest BCUT2D eigenvalue weighted by Crippen LogP contribution is -2.24. The average Bonchev–Trinajstić information content (AvgIpc) is 2.92. The second-order valence-electron chi connectivity index (χ2n) is 5.67. The molecule has 0 spiro atoms. The molecular formula is C18H23N. The van der Waals surface area contributed by atoms with Gasteiger partial charge in [-0.05, 0) is 54.1 Å². The molecule has 0 saturated heterocycles. The van der Waals surface area contributed by atoms with Crippen LogP contribution >= 0.6 is 0 Å². The van der Waals surface area contributed by atoms with Crippen LogP contribution in [-0.2, 0) is 0 Å². The molecule has 0 aliphatic heterocycles. The lowest BCUT2D eigenvalue weighted by Gasteiger charge is -2.22. The van der Waals surface area contributed by atoms with Crippen LogP contribution in [0.2, 0.25) is 0 Å². The third-order valence-corrected chi connectivity index (χ3v) is 4.54. The van der Waals surface area contributed by atoms with E-state index in [1.165, 1.54) is 36.6 Å². The fourth-order valence-electron chi connectivity index (χ4n) is 3.59. The summed E-state index contributed by atoms with van der Waals surface area (Å²) in [5.74, 6) is 1.55. The van der Waals surface area contributed by atoms with Gasteiger partial charge >= 0.3 is 0 Å². The van der Waals surface area contributed by atoms with Gasteiger partial charge in [-0.1, -0.05) is 55.8 Å². The van der Waals surface area contributed by atoms with Crippen molar-refractivity contribution in [2.24, 2.45) is 5.92 Å². The average molecular weight is 253 g/mol. The van der Waals surface area contributed by atoms with Crippen LogP contribution < -0.4 is 5.32 Å². The third-order valence-electron chi connectivity index (χ3n) is 4.54. The van der Waals surface area contributed by atoms with Crippen molar-refractivity contribution in [1.82, 2.24) is 5.32 Å². The number of fused-ring (bicyclic) bond motifs is 1. The Morgan fingerprint density at radius 2 is 1.89 bits per heavy atom. The Labute approximate surface area is 116 Å². The first kappa shape index (κ1) is 12.7. The number of nitrogens with one attached hydrogen (secondary N) is 1. The molecule has 2 aromatic carbocycles. The Morgan fingerprint density at radius 3 is 2.79 bits per heavy atom. The minimum Gasteiger partial charge on any atom is -0.317 e. The molecule has 1 saturated carbocycles. The molecule has 0 radical (unpaired) electrons. The SMILES string of the molecule is CCNCC1CCCC1c1cccc2ccccc12. The normalized spacial score (nSPS) is 23.0. The Bertz CT molecular complexity index is 541. The first-order valence-corrected chi connectivity index (χ1v) is 7.58. The summed E-state index contributed by atoms with van der Waals surface area (Å²) in [6, 6.07) is 15.6. The van der Waals surface area contributed by atoms with Gasteiger partial charge in [-0.25, -0.2) is 0 Å². The predicted octanol–water partition coefficient (Wildman–Crippen LogP) is 4.33. The summed E-state index contributed by atoms with van der Waals surface area (Å²) in [6.45, 7) is 4.45. The number of benzene rings is 2. The van der Waals surface area contributed by atoms with Gasteiger partial charge in [-0.2, -0.15) is 0 Å². The second-order valence-corrected chi connectivity index (χ2v) is 5.67. The van der Waals surface area contributed by atoms with Crippen LogP contribution in [0.15, 0.2) is 42.5 Å². The van der Waals surface area contributed by atoms with E-state index >= 15 is 0 Å². The smallest absolute Gasteiger partial charge is 0.00148 e. The zero-order valence-electron chi connectivity index (χ0n) is 11.7. The largest absolute Gasteiger partial charge is 0.317 e. The van der Waals surface area contributed by atoms with Gasteiger partial charge in [0, 0.05) is 0 Å². The third kappa shape index (κ3) is 2.52. The van der Waals surface area contributed by atoms with Gasteiger partial charge in [0.2, 0.25) is 0 Å². The highest BCUT2D eigenvalue weighted by Gasteiger charge is 2.28. The van der Waals surface area contributed by atoms with Crippen LogP contribution in [-0.4, -0.2) is 13.1 Å². The zero-order chi connectivity index (χ0) is 13.1. The zero-order valence-corrected chi connectivity index (χ0v) is 11.7. The Kier molecular flexibility index (Phi) is 3.84. The summed E-state index contributed by atoms with van der Waals surface area (Å²) in [6.07, 6.45) is 4.11. The van der Waals surface area contributed by atoms with E-state index in [4.69, 9.17) is 0 Å². The van der Waals surface area contributed by atoms with Gasteiger partial charge in [0.05, 0.1) is 0 Å². The highest BCUT2D eigenvalue weighted by atomic mass is 14.8. The molecule has 0 amide bonds. The first-order chi connectivity index (χ1) is 9.40. The number of hydrogen-bond donors (Lipinski definition) is 1. The lowest BCUT2D eigenvalue weighted by molar-refractivity contribution is 0.452.